The molecule has 16 aromatic carbocycles. The van der Waals surface area contributed by atoms with E-state index in [9.17, 15) is 11.0 Å². The molecular weight excluding hydrogens is 1600 g/mol. The monoisotopic (exact) mass is 1720 g/mol. The van der Waals surface area contributed by atoms with Gasteiger partial charge in [-0.1, -0.05) is 315 Å². The Morgan fingerprint density at radius 3 is 0.932 bits per heavy atom. The van der Waals surface area contributed by atoms with Crippen molar-refractivity contribution >= 4 is 143 Å². The molecule has 21 aromatic rings. The van der Waals surface area contributed by atoms with Gasteiger partial charge in [0.2, 0.25) is 0 Å². The smallest absolute Gasteiger partial charge is 0.159 e. The standard InChI is InChI=1S/C125H116N6O/c1-119(2,3)76-46-56-102-94(62-76)95-63-77(120(4,5)6)47-57-103(95)127(102)84-53-55-91-111(71-84)131(116-92(74-34-24-22-25-35-74)68-82(125(19,20)21)69-93(116)75-36-26-23-27-37-75)113-73-85(128-104-58-48-78(121(7,8)9)64-96(104)97-65-79(122(10,11)12)49-59-105(97)128)72-112-115(113)114(91)90-54-52-83(126-100-42-30-28-38-86(100)87-39-29-31-43-101(87)126)70-110(90)130(112)109-45-33-41-89-88-40-32-44-108(117(88)132-118(89)109)129-106-60-50-80(123(13,14)15)66-98(106)99-67-81(124(16,17)18)51-61-107(99)129/h22-73,114H,1-21H3/i28D,29D,30D,31D,38D,39D,42D,43D. The molecule has 0 bridgehead atoms. The molecule has 0 saturated carbocycles. The predicted molar refractivity (Wildman–Crippen MR) is 563 cm³/mol. The van der Waals surface area contributed by atoms with E-state index in [4.69, 9.17) is 4.42 Å². The summed E-state index contributed by atoms with van der Waals surface area (Å²) in [6, 6.07) is 96.6. The first-order valence-electron chi connectivity index (χ1n) is 50.8. The second-order valence-corrected chi connectivity index (χ2v) is 44.5. The van der Waals surface area contributed by atoms with Gasteiger partial charge < -0.3 is 32.5 Å². The zero-order valence-corrected chi connectivity index (χ0v) is 79.6. The van der Waals surface area contributed by atoms with Gasteiger partial charge in [-0.15, -0.1) is 0 Å². The summed E-state index contributed by atoms with van der Waals surface area (Å²) in [5, 5.41) is 8.60. The molecule has 0 N–H and O–H groups in total. The summed E-state index contributed by atoms with van der Waals surface area (Å²) < 4.78 is 94.7. The largest absolute Gasteiger partial charge is 0.452 e. The van der Waals surface area contributed by atoms with E-state index in [1.165, 1.54) is 33.4 Å². The fraction of sp³-hybridized carbons (Fsp3) is 0.232. The molecule has 0 fully saturated rings. The Kier molecular flexibility index (Phi) is 16.1. The number of rotatable bonds is 8. The van der Waals surface area contributed by atoms with Crippen molar-refractivity contribution in [2.45, 2.75) is 189 Å². The van der Waals surface area contributed by atoms with Crippen LogP contribution >= 0.6 is 0 Å². The molecule has 132 heavy (non-hydrogen) atoms. The lowest BCUT2D eigenvalue weighted by molar-refractivity contribution is 0.590. The molecule has 2 aliphatic rings. The minimum Gasteiger partial charge on any atom is -0.452 e. The number of anilines is 6. The fourth-order valence-corrected chi connectivity index (χ4v) is 21.4. The lowest BCUT2D eigenvalue weighted by Gasteiger charge is -2.46. The molecular formula is C125H116N6O. The molecule has 0 saturated heterocycles. The van der Waals surface area contributed by atoms with Crippen LogP contribution in [0.15, 0.2) is 320 Å². The summed E-state index contributed by atoms with van der Waals surface area (Å²) in [6.45, 7) is 48.1. The summed E-state index contributed by atoms with van der Waals surface area (Å²) in [6.07, 6.45) is 0. The van der Waals surface area contributed by atoms with E-state index in [1.54, 1.807) is 4.57 Å². The van der Waals surface area contributed by atoms with Gasteiger partial charge in [-0.2, -0.15) is 0 Å². The first-order chi connectivity index (χ1) is 66.2. The van der Waals surface area contributed by atoms with Gasteiger partial charge in [0, 0.05) is 87.8 Å². The van der Waals surface area contributed by atoms with Gasteiger partial charge in [0.25, 0.3) is 0 Å². The van der Waals surface area contributed by atoms with Crippen molar-refractivity contribution in [2.24, 2.45) is 0 Å². The van der Waals surface area contributed by atoms with Crippen molar-refractivity contribution in [3.63, 3.8) is 0 Å². The van der Waals surface area contributed by atoms with E-state index in [0.29, 0.717) is 28.2 Å². The van der Waals surface area contributed by atoms with E-state index in [0.717, 1.165) is 161 Å². The van der Waals surface area contributed by atoms with Crippen molar-refractivity contribution in [2.75, 3.05) is 9.80 Å². The summed E-state index contributed by atoms with van der Waals surface area (Å²) in [7, 11) is 0. The molecule has 652 valence electrons. The van der Waals surface area contributed by atoms with Gasteiger partial charge in [-0.3, -0.25) is 0 Å². The highest BCUT2D eigenvalue weighted by atomic mass is 16.3. The number of hydrogen-bond donors (Lipinski definition) is 0. The molecule has 0 radical (unpaired) electrons. The summed E-state index contributed by atoms with van der Waals surface area (Å²) in [5.41, 5.74) is 29.8. The van der Waals surface area contributed by atoms with Crippen LogP contribution in [0.4, 0.5) is 34.1 Å². The van der Waals surface area contributed by atoms with Crippen LogP contribution < -0.4 is 9.80 Å². The van der Waals surface area contributed by atoms with E-state index in [1.807, 2.05) is 6.07 Å². The van der Waals surface area contributed by atoms with Crippen molar-refractivity contribution in [3.8, 4) is 45.0 Å². The highest BCUT2D eigenvalue weighted by Gasteiger charge is 2.45. The molecule has 5 aromatic heterocycles. The highest BCUT2D eigenvalue weighted by molar-refractivity contribution is 6.18. The van der Waals surface area contributed by atoms with Gasteiger partial charge in [0.1, 0.15) is 0 Å². The highest BCUT2D eigenvalue weighted by Crippen LogP contribution is 2.65. The van der Waals surface area contributed by atoms with Crippen LogP contribution in [-0.4, -0.2) is 18.3 Å². The number of para-hydroxylation sites is 4. The average Bonchev–Trinajstić information content (AvgIpc) is 0.699. The maximum atomic E-state index is 10.1. The summed E-state index contributed by atoms with van der Waals surface area (Å²) in [5.74, 6) is -0.616. The molecule has 7 heteroatoms. The third kappa shape index (κ3) is 12.8. The Hall–Kier alpha value is -13.9. The van der Waals surface area contributed by atoms with Crippen molar-refractivity contribution in [1.29, 1.82) is 0 Å². The Morgan fingerprint density at radius 2 is 0.553 bits per heavy atom. The zero-order valence-electron chi connectivity index (χ0n) is 87.6. The Labute approximate surface area is 787 Å². The van der Waals surface area contributed by atoms with E-state index >= 15 is 0 Å². The Balaban J connectivity index is 0.919. The molecule has 7 nitrogen and oxygen atoms in total. The first kappa shape index (κ1) is 73.9. The number of aromatic nitrogens is 4. The van der Waals surface area contributed by atoms with Crippen molar-refractivity contribution in [3.05, 3.63) is 371 Å². The average molecular weight is 1730 g/mol. The molecule has 0 amide bonds. The SMILES string of the molecule is [2H]c1c([2H])c([2H])c2c(c1[2H])c1c([2H])c([2H])c([2H])c([2H])c1n2-c1ccc2c(c1)N(c1cccc3c1oc1c(-n4c5ccc(C(C)(C)C)cc5c5cc(C(C)(C)C)ccc54)cccc13)c1cc(-n3c4ccc(C(C)(C)C)cc4c4cc(C(C)(C)C)ccc43)cc3c1C2c1ccc(-n2c4ccc(C(C)(C)C)cc4c4cc(C(C)(C)C)ccc42)cc1N3c1c(-c2ccccc2)cc(C(C)(C)C)cc1-c1ccccc1. The Morgan fingerprint density at radius 1 is 0.235 bits per heavy atom. The van der Waals surface area contributed by atoms with Gasteiger partial charge in [-0.05, 0) is 245 Å². The number of furan rings is 1. The molecule has 7 heterocycles. The third-order valence-electron chi connectivity index (χ3n) is 28.7. The van der Waals surface area contributed by atoms with Crippen molar-refractivity contribution in [1.82, 2.24) is 18.3 Å². The number of fused-ring (bicyclic) bond motifs is 19. The van der Waals surface area contributed by atoms with Crippen LogP contribution in [0.2, 0.25) is 0 Å². The normalized spacial score (nSPS) is 15.0. The van der Waals surface area contributed by atoms with Crippen LogP contribution in [0.3, 0.4) is 0 Å². The van der Waals surface area contributed by atoms with E-state index < -0.39 is 42.2 Å². The molecule has 23 rings (SSSR count). The zero-order chi connectivity index (χ0) is 98.4. The minimum atomic E-state index is -0.616. The maximum Gasteiger partial charge on any atom is 0.159 e. The van der Waals surface area contributed by atoms with Gasteiger partial charge in [-0.25, -0.2) is 0 Å². The van der Waals surface area contributed by atoms with Crippen LogP contribution in [-0.2, 0) is 37.9 Å². The van der Waals surface area contributed by atoms with Gasteiger partial charge in [0.15, 0.2) is 11.2 Å². The quantitative estimate of drug-likeness (QED) is 0.152. The Bertz CT molecular complexity index is 8600. The number of hydrogen-bond acceptors (Lipinski definition) is 3. The molecule has 1 unspecified atom stereocenters. The first-order valence-corrected chi connectivity index (χ1v) is 46.8. The summed E-state index contributed by atoms with van der Waals surface area (Å²) >= 11 is 0. The maximum absolute atomic E-state index is 10.1. The van der Waals surface area contributed by atoms with Gasteiger partial charge in [0.05, 0.1) is 101 Å². The lowest BCUT2D eigenvalue weighted by Crippen LogP contribution is -2.30. The third-order valence-corrected chi connectivity index (χ3v) is 28.7. The number of nitrogens with zero attached hydrogens (tertiary/aromatic N) is 6. The van der Waals surface area contributed by atoms with E-state index in [2.05, 4.69) is 430 Å². The number of benzene rings is 16. The fourth-order valence-electron chi connectivity index (χ4n) is 21.4. The van der Waals surface area contributed by atoms with Crippen LogP contribution in [0.25, 0.3) is 154 Å². The molecule has 0 aliphatic carbocycles. The van der Waals surface area contributed by atoms with Crippen LogP contribution in [0.5, 0.6) is 0 Å². The minimum absolute atomic E-state index is 0.0112. The second-order valence-electron chi connectivity index (χ2n) is 44.5. The molecule has 1 atom stereocenters. The summed E-state index contributed by atoms with van der Waals surface area (Å²) in [4.78, 5) is 5.02. The second kappa shape index (κ2) is 28.8. The van der Waals surface area contributed by atoms with Crippen LogP contribution in [0.1, 0.15) is 218 Å². The van der Waals surface area contributed by atoms with E-state index in [-0.39, 0.29) is 71.8 Å². The predicted octanol–water partition coefficient (Wildman–Crippen LogP) is 35.1. The molecule has 0 spiro atoms. The lowest BCUT2D eigenvalue weighted by atomic mass is 9.74. The topological polar surface area (TPSA) is 39.3 Å². The van der Waals surface area contributed by atoms with Gasteiger partial charge >= 0.3 is 0 Å². The van der Waals surface area contributed by atoms with Crippen molar-refractivity contribution < 1.29 is 15.4 Å². The van der Waals surface area contributed by atoms with Crippen LogP contribution in [0, 0.1) is 0 Å². The molecule has 2 aliphatic heterocycles.